The van der Waals surface area contributed by atoms with E-state index in [0.29, 0.717) is 6.10 Å². The van der Waals surface area contributed by atoms with Gasteiger partial charge in [-0.1, -0.05) is 6.92 Å². The first-order valence-electron chi connectivity index (χ1n) is 8.22. The van der Waals surface area contributed by atoms with Crippen LogP contribution in [0.15, 0.2) is 11.3 Å². The standard InChI is InChI=1S/C15H28N6O.HI/c1-4-14-19-18-12-21(14)11-8-17-15(16-3)20-9-6-13(7-10-20)22-5-2;/h12-13H,4-11H2,1-3H3,(H,16,17);1H. The first-order chi connectivity index (χ1) is 10.8. The molecule has 0 spiro atoms. The highest BCUT2D eigenvalue weighted by Gasteiger charge is 2.21. The molecule has 2 rings (SSSR count). The van der Waals surface area contributed by atoms with Crippen molar-refractivity contribution in [3.63, 3.8) is 0 Å². The fourth-order valence-corrected chi connectivity index (χ4v) is 2.83. The Balaban J connectivity index is 0.00000264. The lowest BCUT2D eigenvalue weighted by atomic mass is 10.1. The number of piperidine rings is 1. The van der Waals surface area contributed by atoms with E-state index in [1.807, 2.05) is 7.05 Å². The number of nitrogens with zero attached hydrogens (tertiary/aromatic N) is 5. The van der Waals surface area contributed by atoms with Crippen LogP contribution in [0.3, 0.4) is 0 Å². The van der Waals surface area contributed by atoms with Crippen molar-refractivity contribution in [3.05, 3.63) is 12.2 Å². The van der Waals surface area contributed by atoms with Gasteiger partial charge in [-0.05, 0) is 19.8 Å². The van der Waals surface area contributed by atoms with E-state index in [2.05, 4.69) is 43.8 Å². The highest BCUT2D eigenvalue weighted by Crippen LogP contribution is 2.13. The summed E-state index contributed by atoms with van der Waals surface area (Å²) in [6.45, 7) is 8.62. The van der Waals surface area contributed by atoms with Gasteiger partial charge in [0.05, 0.1) is 6.10 Å². The summed E-state index contributed by atoms with van der Waals surface area (Å²) in [6.07, 6.45) is 5.24. The molecule has 1 aromatic heterocycles. The zero-order valence-corrected chi connectivity index (χ0v) is 16.7. The van der Waals surface area contributed by atoms with E-state index in [1.165, 1.54) is 0 Å². The molecule has 0 saturated carbocycles. The van der Waals surface area contributed by atoms with Crippen molar-refractivity contribution in [1.82, 2.24) is 25.0 Å². The van der Waals surface area contributed by atoms with Crippen LogP contribution in [-0.2, 0) is 17.7 Å². The van der Waals surface area contributed by atoms with E-state index in [4.69, 9.17) is 4.74 Å². The maximum absolute atomic E-state index is 5.70. The molecule has 0 radical (unpaired) electrons. The van der Waals surface area contributed by atoms with Gasteiger partial charge in [-0.25, -0.2) is 0 Å². The Morgan fingerprint density at radius 3 is 2.74 bits per heavy atom. The fraction of sp³-hybridized carbons (Fsp3) is 0.800. The number of nitrogens with one attached hydrogen (secondary N) is 1. The van der Waals surface area contributed by atoms with E-state index in [0.717, 1.165) is 63.8 Å². The van der Waals surface area contributed by atoms with Crippen LogP contribution >= 0.6 is 24.0 Å². The molecular formula is C15H29IN6O. The third-order valence-corrected chi connectivity index (χ3v) is 4.00. The molecule has 1 aliphatic rings. The smallest absolute Gasteiger partial charge is 0.193 e. The minimum absolute atomic E-state index is 0. The number of guanidine groups is 1. The van der Waals surface area contributed by atoms with Gasteiger partial charge in [-0.3, -0.25) is 4.99 Å². The Kier molecular flexibility index (Phi) is 9.46. The normalized spacial score (nSPS) is 16.3. The maximum Gasteiger partial charge on any atom is 0.193 e. The average Bonchev–Trinajstić information content (AvgIpc) is 3.00. The maximum atomic E-state index is 5.70. The first kappa shape index (κ1) is 20.1. The van der Waals surface area contributed by atoms with Crippen LogP contribution in [0.5, 0.6) is 0 Å². The molecule has 1 fully saturated rings. The molecule has 0 aliphatic carbocycles. The van der Waals surface area contributed by atoms with Gasteiger partial charge in [0.1, 0.15) is 12.2 Å². The van der Waals surface area contributed by atoms with Crippen molar-refractivity contribution in [1.29, 1.82) is 0 Å². The lowest BCUT2D eigenvalue weighted by molar-refractivity contribution is 0.0264. The molecule has 1 saturated heterocycles. The number of aliphatic imine (C=N–C) groups is 1. The minimum atomic E-state index is 0. The lowest BCUT2D eigenvalue weighted by Gasteiger charge is -2.34. The predicted octanol–water partition coefficient (Wildman–Crippen LogP) is 1.53. The molecule has 1 N–H and O–H groups in total. The van der Waals surface area contributed by atoms with Crippen molar-refractivity contribution in [2.75, 3.05) is 33.3 Å². The van der Waals surface area contributed by atoms with Gasteiger partial charge in [0.25, 0.3) is 0 Å². The predicted molar refractivity (Wildman–Crippen MR) is 102 cm³/mol. The second kappa shape index (κ2) is 10.8. The van der Waals surface area contributed by atoms with Gasteiger partial charge in [-0.2, -0.15) is 0 Å². The summed E-state index contributed by atoms with van der Waals surface area (Å²) < 4.78 is 7.78. The van der Waals surface area contributed by atoms with E-state index < -0.39 is 0 Å². The summed E-state index contributed by atoms with van der Waals surface area (Å²) in [7, 11) is 1.84. The number of halogens is 1. The molecular weight excluding hydrogens is 407 g/mol. The van der Waals surface area contributed by atoms with Crippen LogP contribution in [0.1, 0.15) is 32.5 Å². The number of aryl methyl sites for hydroxylation is 1. The van der Waals surface area contributed by atoms with Crippen LogP contribution in [0, 0.1) is 0 Å². The average molecular weight is 436 g/mol. The molecule has 0 aromatic carbocycles. The summed E-state index contributed by atoms with van der Waals surface area (Å²) in [5, 5.41) is 11.5. The van der Waals surface area contributed by atoms with Crippen LogP contribution < -0.4 is 5.32 Å². The quantitative estimate of drug-likeness (QED) is 0.416. The van der Waals surface area contributed by atoms with Gasteiger partial charge >= 0.3 is 0 Å². The molecule has 132 valence electrons. The monoisotopic (exact) mass is 436 g/mol. The van der Waals surface area contributed by atoms with Crippen LogP contribution in [0.4, 0.5) is 0 Å². The molecule has 0 bridgehead atoms. The Labute approximate surface area is 155 Å². The lowest BCUT2D eigenvalue weighted by Crippen LogP contribution is -2.47. The van der Waals surface area contributed by atoms with Crippen molar-refractivity contribution in [2.24, 2.45) is 4.99 Å². The topological polar surface area (TPSA) is 67.6 Å². The highest BCUT2D eigenvalue weighted by atomic mass is 127. The number of hydrogen-bond donors (Lipinski definition) is 1. The number of hydrogen-bond acceptors (Lipinski definition) is 4. The molecule has 0 amide bonds. The Morgan fingerprint density at radius 1 is 1.39 bits per heavy atom. The molecule has 2 heterocycles. The SMILES string of the molecule is CCOC1CCN(C(=NC)NCCn2cnnc2CC)CC1.I. The molecule has 8 heteroatoms. The van der Waals surface area contributed by atoms with Gasteiger partial charge in [-0.15, -0.1) is 34.2 Å². The summed E-state index contributed by atoms with van der Waals surface area (Å²) in [6, 6.07) is 0. The number of rotatable bonds is 6. The van der Waals surface area contributed by atoms with Gasteiger partial charge < -0.3 is 19.5 Å². The molecule has 23 heavy (non-hydrogen) atoms. The molecule has 0 unspecified atom stereocenters. The zero-order valence-electron chi connectivity index (χ0n) is 14.4. The van der Waals surface area contributed by atoms with Crippen molar-refractivity contribution < 1.29 is 4.74 Å². The fourth-order valence-electron chi connectivity index (χ4n) is 2.83. The molecule has 7 nitrogen and oxygen atoms in total. The van der Waals surface area contributed by atoms with Crippen LogP contribution in [0.25, 0.3) is 0 Å². The van der Waals surface area contributed by atoms with Gasteiger partial charge in [0, 0.05) is 46.3 Å². The molecule has 1 aliphatic heterocycles. The van der Waals surface area contributed by atoms with Crippen molar-refractivity contribution in [2.45, 2.75) is 45.8 Å². The van der Waals surface area contributed by atoms with E-state index in [-0.39, 0.29) is 24.0 Å². The minimum Gasteiger partial charge on any atom is -0.378 e. The molecule has 1 aromatic rings. The summed E-state index contributed by atoms with van der Waals surface area (Å²) in [5.74, 6) is 2.00. The van der Waals surface area contributed by atoms with E-state index in [1.54, 1.807) is 6.33 Å². The van der Waals surface area contributed by atoms with Crippen molar-refractivity contribution >= 4 is 29.9 Å². The van der Waals surface area contributed by atoms with Crippen LogP contribution in [-0.4, -0.2) is 65.0 Å². The third-order valence-electron chi connectivity index (χ3n) is 4.00. The summed E-state index contributed by atoms with van der Waals surface area (Å²) in [5.41, 5.74) is 0. The Hall–Kier alpha value is -0.900. The second-order valence-corrected chi connectivity index (χ2v) is 5.41. The van der Waals surface area contributed by atoms with Gasteiger partial charge in [0.15, 0.2) is 5.96 Å². The zero-order chi connectivity index (χ0) is 15.8. The summed E-state index contributed by atoms with van der Waals surface area (Å²) in [4.78, 5) is 6.70. The Bertz CT molecular complexity index is 470. The van der Waals surface area contributed by atoms with E-state index in [9.17, 15) is 0 Å². The van der Waals surface area contributed by atoms with Gasteiger partial charge in [0.2, 0.25) is 0 Å². The van der Waals surface area contributed by atoms with Crippen molar-refractivity contribution in [3.8, 4) is 0 Å². The highest BCUT2D eigenvalue weighted by molar-refractivity contribution is 14.0. The largest absolute Gasteiger partial charge is 0.378 e. The third kappa shape index (κ3) is 5.91. The number of ether oxygens (including phenoxy) is 1. The van der Waals surface area contributed by atoms with E-state index >= 15 is 0 Å². The molecule has 0 atom stereocenters. The number of likely N-dealkylation sites (tertiary alicyclic amines) is 1. The number of aromatic nitrogens is 3. The second-order valence-electron chi connectivity index (χ2n) is 5.41. The first-order valence-corrected chi connectivity index (χ1v) is 8.22. The summed E-state index contributed by atoms with van der Waals surface area (Å²) >= 11 is 0. The van der Waals surface area contributed by atoms with Crippen LogP contribution in [0.2, 0.25) is 0 Å². The Morgan fingerprint density at radius 2 is 2.13 bits per heavy atom.